The van der Waals surface area contributed by atoms with E-state index < -0.39 is 18.5 Å². The van der Waals surface area contributed by atoms with Gasteiger partial charge in [-0.25, -0.2) is 4.79 Å². The number of carbonyl (C=O) groups is 2. The summed E-state index contributed by atoms with van der Waals surface area (Å²) >= 11 is 5.79. The van der Waals surface area contributed by atoms with E-state index in [0.717, 1.165) is 5.56 Å². The lowest BCUT2D eigenvalue weighted by Gasteiger charge is -2.14. The zero-order chi connectivity index (χ0) is 20.7. The number of rotatable bonds is 8. The molecule has 0 saturated carbocycles. The Hall–Kier alpha value is -3.13. The van der Waals surface area contributed by atoms with Crippen molar-refractivity contribution in [1.29, 1.82) is 0 Å². The molecule has 0 radical (unpaired) electrons. The van der Waals surface area contributed by atoms with Crippen molar-refractivity contribution in [3.8, 4) is 17.2 Å². The van der Waals surface area contributed by atoms with Gasteiger partial charge in [0.25, 0.3) is 5.91 Å². The number of amides is 1. The van der Waals surface area contributed by atoms with Crippen LogP contribution in [0.15, 0.2) is 30.3 Å². The van der Waals surface area contributed by atoms with Crippen LogP contribution in [0, 0.1) is 0 Å². The average molecular weight is 409 g/mol. The molecular weight excluding hydrogens is 388 g/mol. The normalized spacial score (nSPS) is 10.1. The Morgan fingerprint density at radius 2 is 1.68 bits per heavy atom. The Bertz CT molecular complexity index is 846. The van der Waals surface area contributed by atoms with Gasteiger partial charge in [-0.05, 0) is 35.9 Å². The van der Waals surface area contributed by atoms with Gasteiger partial charge in [0.2, 0.25) is 5.75 Å². The largest absolute Gasteiger partial charge is 0.493 e. The number of benzene rings is 2. The zero-order valence-corrected chi connectivity index (χ0v) is 16.5. The van der Waals surface area contributed by atoms with Crippen LogP contribution in [0.5, 0.6) is 17.2 Å². The maximum Gasteiger partial charge on any atom is 0.340 e. The van der Waals surface area contributed by atoms with Gasteiger partial charge in [-0.1, -0.05) is 11.6 Å². The van der Waals surface area contributed by atoms with E-state index in [-0.39, 0.29) is 17.8 Å². The second-order valence-corrected chi connectivity index (χ2v) is 6.05. The van der Waals surface area contributed by atoms with Crippen LogP contribution in [0.25, 0.3) is 0 Å². The van der Waals surface area contributed by atoms with E-state index in [0.29, 0.717) is 22.3 Å². The highest BCUT2D eigenvalue weighted by molar-refractivity contribution is 6.31. The van der Waals surface area contributed by atoms with Crippen LogP contribution in [-0.4, -0.2) is 39.8 Å². The highest BCUT2D eigenvalue weighted by atomic mass is 35.5. The second-order valence-electron chi connectivity index (χ2n) is 5.62. The molecular formula is C19H21ClN2O6. The van der Waals surface area contributed by atoms with E-state index in [1.807, 2.05) is 0 Å². The maximum atomic E-state index is 12.0. The minimum Gasteiger partial charge on any atom is -0.493 e. The number of carbonyl (C=O) groups excluding carboxylic acids is 2. The third-order valence-electron chi connectivity index (χ3n) is 3.78. The predicted octanol–water partition coefficient (Wildman–Crippen LogP) is 2.42. The van der Waals surface area contributed by atoms with Crippen LogP contribution < -0.4 is 25.3 Å². The van der Waals surface area contributed by atoms with Crippen LogP contribution in [0.1, 0.15) is 15.9 Å². The summed E-state index contributed by atoms with van der Waals surface area (Å²) in [5, 5.41) is 3.05. The zero-order valence-electron chi connectivity index (χ0n) is 15.7. The van der Waals surface area contributed by atoms with Crippen LogP contribution in [0.4, 0.5) is 5.69 Å². The predicted molar refractivity (Wildman–Crippen MR) is 104 cm³/mol. The molecule has 150 valence electrons. The molecule has 0 aliphatic heterocycles. The number of halogens is 1. The van der Waals surface area contributed by atoms with Gasteiger partial charge in [-0.15, -0.1) is 0 Å². The van der Waals surface area contributed by atoms with E-state index in [2.05, 4.69) is 5.32 Å². The van der Waals surface area contributed by atoms with Crippen molar-refractivity contribution in [1.82, 2.24) is 5.32 Å². The Balaban J connectivity index is 1.94. The van der Waals surface area contributed by atoms with Gasteiger partial charge < -0.3 is 30.0 Å². The number of esters is 1. The molecule has 1 amide bonds. The van der Waals surface area contributed by atoms with Gasteiger partial charge in [0, 0.05) is 17.3 Å². The highest BCUT2D eigenvalue weighted by Gasteiger charge is 2.15. The first-order chi connectivity index (χ1) is 13.4. The number of methoxy groups -OCH3 is 3. The van der Waals surface area contributed by atoms with Gasteiger partial charge in [0.05, 0.1) is 26.9 Å². The molecule has 0 heterocycles. The van der Waals surface area contributed by atoms with Gasteiger partial charge in [0.1, 0.15) is 0 Å². The molecule has 2 aromatic carbocycles. The lowest BCUT2D eigenvalue weighted by atomic mass is 10.1. The maximum absolute atomic E-state index is 12.0. The van der Waals surface area contributed by atoms with Gasteiger partial charge >= 0.3 is 5.97 Å². The molecule has 0 bridgehead atoms. The Kier molecular flexibility index (Phi) is 7.34. The number of anilines is 1. The molecule has 0 saturated heterocycles. The first-order valence-corrected chi connectivity index (χ1v) is 8.55. The summed E-state index contributed by atoms with van der Waals surface area (Å²) in [4.78, 5) is 24.0. The molecule has 0 fully saturated rings. The first-order valence-electron chi connectivity index (χ1n) is 8.17. The molecule has 0 unspecified atom stereocenters. The van der Waals surface area contributed by atoms with Crippen LogP contribution in [0.2, 0.25) is 5.02 Å². The van der Waals surface area contributed by atoms with E-state index in [9.17, 15) is 9.59 Å². The number of hydrogen-bond acceptors (Lipinski definition) is 7. The minimum atomic E-state index is -0.711. The number of nitrogens with two attached hydrogens (primary N) is 1. The molecule has 3 N–H and O–H groups in total. The third kappa shape index (κ3) is 5.20. The molecule has 0 atom stereocenters. The molecule has 2 aromatic rings. The van der Waals surface area contributed by atoms with Gasteiger partial charge in [-0.3, -0.25) is 4.79 Å². The molecule has 0 spiro atoms. The van der Waals surface area contributed by atoms with Crippen molar-refractivity contribution >= 4 is 29.2 Å². The first kappa shape index (κ1) is 21.2. The summed E-state index contributed by atoms with van der Waals surface area (Å²) in [6, 6.07) is 7.81. The number of nitrogen functional groups attached to an aromatic ring is 1. The number of hydrogen-bond donors (Lipinski definition) is 2. The van der Waals surface area contributed by atoms with Crippen molar-refractivity contribution in [2.45, 2.75) is 6.54 Å². The van der Waals surface area contributed by atoms with Crippen molar-refractivity contribution in [2.75, 3.05) is 33.7 Å². The molecule has 0 aromatic heterocycles. The summed E-state index contributed by atoms with van der Waals surface area (Å²) in [6.07, 6.45) is 0. The number of nitrogens with one attached hydrogen (secondary N) is 1. The average Bonchev–Trinajstić information content (AvgIpc) is 2.69. The molecule has 8 nitrogen and oxygen atoms in total. The molecule has 9 heteroatoms. The summed E-state index contributed by atoms with van der Waals surface area (Å²) in [6.45, 7) is -0.276. The van der Waals surface area contributed by atoms with Crippen LogP contribution in [-0.2, 0) is 16.1 Å². The fraction of sp³-hybridized carbons (Fsp3) is 0.263. The van der Waals surface area contributed by atoms with Gasteiger partial charge in [-0.2, -0.15) is 0 Å². The molecule has 2 rings (SSSR count). The third-order valence-corrected chi connectivity index (χ3v) is 4.02. The number of ether oxygens (including phenoxy) is 4. The quantitative estimate of drug-likeness (QED) is 0.510. The van der Waals surface area contributed by atoms with Crippen molar-refractivity contribution < 1.29 is 28.5 Å². The fourth-order valence-corrected chi connectivity index (χ4v) is 2.60. The lowest BCUT2D eigenvalue weighted by molar-refractivity contribution is -0.124. The second kappa shape index (κ2) is 9.70. The Labute approximate surface area is 167 Å². The van der Waals surface area contributed by atoms with Crippen LogP contribution in [0.3, 0.4) is 0 Å². The summed E-state index contributed by atoms with van der Waals surface area (Å²) < 4.78 is 20.8. The molecule has 0 aliphatic rings. The van der Waals surface area contributed by atoms with E-state index in [4.69, 9.17) is 36.3 Å². The van der Waals surface area contributed by atoms with E-state index in [1.165, 1.54) is 39.5 Å². The Morgan fingerprint density at radius 1 is 1.04 bits per heavy atom. The SMILES string of the molecule is COc1cc(CNC(=O)COC(=O)c2ccc(Cl)cc2N)cc(OC)c1OC. The smallest absolute Gasteiger partial charge is 0.340 e. The minimum absolute atomic E-state index is 0.141. The molecule has 0 aliphatic carbocycles. The molecule has 28 heavy (non-hydrogen) atoms. The van der Waals surface area contributed by atoms with Crippen LogP contribution >= 0.6 is 11.6 Å². The fourth-order valence-electron chi connectivity index (χ4n) is 2.42. The summed E-state index contributed by atoms with van der Waals surface area (Å²) in [5.41, 5.74) is 6.76. The Morgan fingerprint density at radius 3 is 2.21 bits per heavy atom. The van der Waals surface area contributed by atoms with Crippen molar-refractivity contribution in [2.24, 2.45) is 0 Å². The van der Waals surface area contributed by atoms with E-state index >= 15 is 0 Å². The standard InChI is InChI=1S/C19H21ClN2O6/c1-25-15-6-11(7-16(26-2)18(15)27-3)9-22-17(23)10-28-19(24)13-5-4-12(20)8-14(13)21/h4-8H,9-10,21H2,1-3H3,(H,22,23). The summed E-state index contributed by atoms with van der Waals surface area (Å²) in [7, 11) is 4.51. The summed E-state index contributed by atoms with van der Waals surface area (Å²) in [5.74, 6) is 0.202. The van der Waals surface area contributed by atoms with Crippen molar-refractivity contribution in [3.05, 3.63) is 46.5 Å². The van der Waals surface area contributed by atoms with Gasteiger partial charge in [0.15, 0.2) is 18.1 Å². The van der Waals surface area contributed by atoms with Crippen molar-refractivity contribution in [3.63, 3.8) is 0 Å². The highest BCUT2D eigenvalue weighted by Crippen LogP contribution is 2.38. The monoisotopic (exact) mass is 408 g/mol. The van der Waals surface area contributed by atoms with E-state index in [1.54, 1.807) is 12.1 Å². The lowest BCUT2D eigenvalue weighted by Crippen LogP contribution is -2.28. The topological polar surface area (TPSA) is 109 Å².